The molecule has 53 heavy (non-hydrogen) atoms. The number of amides is 2. The summed E-state index contributed by atoms with van der Waals surface area (Å²) in [5.41, 5.74) is 2.10. The van der Waals surface area contributed by atoms with E-state index in [0.29, 0.717) is 41.7 Å². The average Bonchev–Trinajstić information content (AvgIpc) is 3.53. The number of aromatic nitrogens is 3. The molecule has 3 aliphatic rings. The van der Waals surface area contributed by atoms with Gasteiger partial charge in [-0.3, -0.25) is 4.98 Å². The third-order valence-electron chi connectivity index (χ3n) is 10.1. The van der Waals surface area contributed by atoms with Crippen LogP contribution in [0.2, 0.25) is 0 Å². The molecule has 1 atom stereocenters. The van der Waals surface area contributed by atoms with Crippen molar-refractivity contribution >= 4 is 60.1 Å². The topological polar surface area (TPSA) is 130 Å². The molecule has 4 heterocycles. The number of benzene rings is 2. The van der Waals surface area contributed by atoms with Crippen molar-refractivity contribution in [2.75, 3.05) is 60.9 Å². The molecule has 0 unspecified atom stereocenters. The van der Waals surface area contributed by atoms with E-state index in [4.69, 9.17) is 10.5 Å². The summed E-state index contributed by atoms with van der Waals surface area (Å²) in [6.45, 7) is 3.30. The number of likely N-dealkylation sites (tertiary alicyclic amines) is 2. The molecule has 0 bridgehead atoms. The fourth-order valence-electron chi connectivity index (χ4n) is 7.14. The second-order valence-electron chi connectivity index (χ2n) is 13.7. The molecule has 0 aliphatic carbocycles. The number of ether oxygens (including phenoxy) is 1. The number of nitrogen functional groups attached to an aromatic ring is 1. The van der Waals surface area contributed by atoms with Crippen molar-refractivity contribution in [1.82, 2.24) is 29.5 Å². The van der Waals surface area contributed by atoms with Crippen molar-refractivity contribution < 1.29 is 36.3 Å². The summed E-state index contributed by atoms with van der Waals surface area (Å²) in [5, 5.41) is 4.46. The molecule has 1 aromatic heterocycles. The summed E-state index contributed by atoms with van der Waals surface area (Å²) in [4.78, 5) is 48.5. The second kappa shape index (κ2) is 16.4. The first-order chi connectivity index (χ1) is 25.1. The van der Waals surface area contributed by atoms with E-state index < -0.39 is 77.0 Å². The van der Waals surface area contributed by atoms with Gasteiger partial charge in [0.15, 0.2) is 5.82 Å². The van der Waals surface area contributed by atoms with Crippen molar-refractivity contribution in [2.45, 2.75) is 58.3 Å². The molecular weight excluding hydrogens is 931 g/mol. The predicted octanol–water partition coefficient (Wildman–Crippen LogP) is 6.15. The first-order valence-electron chi connectivity index (χ1n) is 17.4. The van der Waals surface area contributed by atoms with E-state index in [-0.39, 0.29) is 24.7 Å². The summed E-state index contributed by atoms with van der Waals surface area (Å²) in [6, 6.07) is 10.3. The number of halogens is 7. The van der Waals surface area contributed by atoms with Gasteiger partial charge in [-0.1, -0.05) is 30.3 Å². The van der Waals surface area contributed by atoms with Crippen LogP contribution < -0.4 is 11.4 Å². The SMILES string of the molecule is CN1CCC(I2CCN(C(=O)[C@@H](Cc3cc(C(F)(F)F)c(N)c(C(F)(F)I)c3)OC(=O)N3CCC(n4nc(-c5ccccc5)[nH]c4=O)CC3)CC2)CC1. The summed E-state index contributed by atoms with van der Waals surface area (Å²) >= 11 is -0.650. The molecule has 2 aromatic carbocycles. The van der Waals surface area contributed by atoms with Crippen LogP contribution in [0.3, 0.4) is 0 Å². The number of rotatable bonds is 8. The molecule has 3 fully saturated rings. The number of carbonyl (C=O) groups excluding carboxylic acids is 2. The fourth-order valence-corrected chi connectivity index (χ4v) is 14.6. The third-order valence-corrected chi connectivity index (χ3v) is 18.2. The third kappa shape index (κ3) is 9.45. The van der Waals surface area contributed by atoms with E-state index in [2.05, 4.69) is 22.0 Å². The predicted molar refractivity (Wildman–Crippen MR) is 207 cm³/mol. The number of nitrogens with one attached hydrogen (secondary N) is 1. The van der Waals surface area contributed by atoms with Gasteiger partial charge >= 0.3 is 269 Å². The molecule has 290 valence electrons. The monoisotopic (exact) mass is 973 g/mol. The van der Waals surface area contributed by atoms with Gasteiger partial charge in [-0.2, -0.15) is 0 Å². The van der Waals surface area contributed by atoms with Gasteiger partial charge in [0.25, 0.3) is 0 Å². The van der Waals surface area contributed by atoms with E-state index in [1.165, 1.54) is 9.58 Å². The number of aromatic amines is 1. The molecular formula is C35H42F5I2N7O4. The van der Waals surface area contributed by atoms with E-state index in [0.717, 1.165) is 69.0 Å². The molecule has 11 nitrogen and oxygen atoms in total. The van der Waals surface area contributed by atoms with Crippen LogP contribution in [0, 0.1) is 0 Å². The van der Waals surface area contributed by atoms with Gasteiger partial charge in [-0.25, -0.2) is 4.79 Å². The molecule has 0 saturated carbocycles. The minimum absolute atomic E-state index is 0.157. The molecule has 18 heteroatoms. The van der Waals surface area contributed by atoms with Crippen LogP contribution in [0.1, 0.15) is 48.4 Å². The van der Waals surface area contributed by atoms with Crippen LogP contribution in [0.5, 0.6) is 0 Å². The number of H-pyrrole nitrogens is 1. The van der Waals surface area contributed by atoms with E-state index in [1.54, 1.807) is 4.90 Å². The van der Waals surface area contributed by atoms with Crippen LogP contribution in [-0.2, 0) is 26.1 Å². The van der Waals surface area contributed by atoms with E-state index >= 15 is 0 Å². The number of alkyl halides is 9. The van der Waals surface area contributed by atoms with E-state index in [1.807, 2.05) is 30.3 Å². The van der Waals surface area contributed by atoms with Crippen molar-refractivity contribution in [1.29, 1.82) is 0 Å². The average molecular weight is 974 g/mol. The Morgan fingerprint density at radius 3 is 2.19 bits per heavy atom. The van der Waals surface area contributed by atoms with Gasteiger partial charge in [-0.15, -0.1) is 5.10 Å². The van der Waals surface area contributed by atoms with Gasteiger partial charge in [0.05, 0.1) is 0 Å². The summed E-state index contributed by atoms with van der Waals surface area (Å²) in [7, 11) is 2.11. The van der Waals surface area contributed by atoms with Crippen LogP contribution in [-0.4, -0.2) is 107 Å². The molecule has 0 radical (unpaired) electrons. The van der Waals surface area contributed by atoms with Gasteiger partial charge in [0.2, 0.25) is 0 Å². The van der Waals surface area contributed by atoms with Crippen LogP contribution in [0.4, 0.5) is 32.4 Å². The maximum atomic E-state index is 14.5. The number of hydrogen-bond donors (Lipinski definition) is 2. The molecule has 2 amide bonds. The zero-order chi connectivity index (χ0) is 38.1. The zero-order valence-electron chi connectivity index (χ0n) is 29.1. The zero-order valence-corrected chi connectivity index (χ0v) is 33.4. The molecule has 3 N–H and O–H groups in total. The Kier molecular flexibility index (Phi) is 12.3. The molecule has 3 aliphatic heterocycles. The Labute approximate surface area is 324 Å². The number of hydrogen-bond acceptors (Lipinski definition) is 7. The summed E-state index contributed by atoms with van der Waals surface area (Å²) in [6.07, 6.45) is -5.04. The van der Waals surface area contributed by atoms with E-state index in [9.17, 15) is 36.3 Å². The number of anilines is 1. The number of nitrogens with two attached hydrogens (primary N) is 1. The summed E-state index contributed by atoms with van der Waals surface area (Å²) < 4.78 is 76.9. The molecule has 3 saturated heterocycles. The quantitative estimate of drug-likeness (QED) is 0.120. The number of piperidine rings is 2. The van der Waals surface area contributed by atoms with Crippen LogP contribution in [0.25, 0.3) is 11.4 Å². The Bertz CT molecular complexity index is 1780. The second-order valence-corrected chi connectivity index (χ2v) is 21.8. The Morgan fingerprint density at radius 2 is 1.58 bits per heavy atom. The summed E-state index contributed by atoms with van der Waals surface area (Å²) in [5.74, 6) is -0.158. The van der Waals surface area contributed by atoms with Gasteiger partial charge < -0.3 is 0 Å². The van der Waals surface area contributed by atoms with Gasteiger partial charge in [0.1, 0.15) is 0 Å². The Hall–Kier alpha value is -3.01. The first-order valence-corrected chi connectivity index (χ1v) is 22.8. The fraction of sp³-hybridized carbons (Fsp3) is 0.543. The Balaban J connectivity index is 1.18. The van der Waals surface area contributed by atoms with Crippen molar-refractivity contribution in [3.63, 3.8) is 0 Å². The van der Waals surface area contributed by atoms with Gasteiger partial charge in [-0.05, 0) is 0 Å². The molecule has 6 rings (SSSR count). The normalized spacial score (nSPS) is 19.7. The molecule has 0 spiro atoms. The van der Waals surface area contributed by atoms with Crippen molar-refractivity contribution in [3.8, 4) is 11.4 Å². The maximum absolute atomic E-state index is 14.5. The Morgan fingerprint density at radius 1 is 0.962 bits per heavy atom. The molecule has 3 aromatic rings. The minimum atomic E-state index is -5.05. The van der Waals surface area contributed by atoms with Crippen molar-refractivity contribution in [2.24, 2.45) is 0 Å². The van der Waals surface area contributed by atoms with Crippen LogP contribution >= 0.6 is 42.4 Å². The van der Waals surface area contributed by atoms with Gasteiger partial charge in [0, 0.05) is 5.56 Å². The standard InChI is InChI=1S/C35H42F5I2N7O4/c1-46-13-7-24(8-14-46)42-11-17-47(18-12-42)31(50)28(21-22-19-26(34(36,37)38)29(43)27(20-22)35(39,40)41)53-33(52)48-15-9-25(10-16-48)49-32(51)44-30(45-49)23-5-3-2-4-6-23/h2-6,19-20,24-25,28H,7-18,21,43H2,1H3,(H,44,45,51)/t28-/m1/s1. The van der Waals surface area contributed by atoms with Crippen LogP contribution in [0.15, 0.2) is 47.3 Å². The first kappa shape index (κ1) is 39.7. The number of carbonyl (C=O) groups is 2. The van der Waals surface area contributed by atoms with Crippen molar-refractivity contribution in [3.05, 3.63) is 69.6 Å². The number of nitrogens with zero attached hydrogens (tertiary/aromatic N) is 5.